The number of nitrogens with one attached hydrogen (secondary N) is 1. The van der Waals surface area contributed by atoms with Crippen LogP contribution in [-0.2, 0) is 21.4 Å². The van der Waals surface area contributed by atoms with Crippen LogP contribution >= 0.6 is 0 Å². The van der Waals surface area contributed by atoms with Crippen molar-refractivity contribution in [3.63, 3.8) is 0 Å². The molecule has 4 rings (SSSR count). The van der Waals surface area contributed by atoms with Gasteiger partial charge >= 0.3 is 0 Å². The maximum atomic E-state index is 13.0. The Balaban J connectivity index is 1.41. The molecular weight excluding hydrogens is 488 g/mol. The Bertz CT molecular complexity index is 1410. The highest BCUT2D eigenvalue weighted by Crippen LogP contribution is 2.27. The van der Waals surface area contributed by atoms with Crippen LogP contribution in [0.4, 0.5) is 11.4 Å². The first-order valence-corrected chi connectivity index (χ1v) is 13.5. The Kier molecular flexibility index (Phi) is 8.10. The summed E-state index contributed by atoms with van der Waals surface area (Å²) in [5, 5.41) is 2.78. The molecule has 0 saturated carbocycles. The van der Waals surface area contributed by atoms with Gasteiger partial charge in [-0.25, -0.2) is 8.42 Å². The Hall–Kier alpha value is -4.30. The standard InChI is InChI=1S/C29H28N2O5S/c1-22(29(32)30-24-13-17-26(18-14-24)35-21-23-9-5-3-6-10-23)31(37(2,33)34)25-15-19-28(20-16-25)36-27-11-7-4-8-12-27/h3-20,22H,21H2,1-2H3,(H,30,32)/t22-/m1/s1. The molecule has 7 nitrogen and oxygen atoms in total. The van der Waals surface area contributed by atoms with Gasteiger partial charge in [-0.05, 0) is 73.2 Å². The van der Waals surface area contributed by atoms with Gasteiger partial charge < -0.3 is 14.8 Å². The third kappa shape index (κ3) is 7.11. The summed E-state index contributed by atoms with van der Waals surface area (Å²) < 4.78 is 37.9. The number of hydrogen-bond donors (Lipinski definition) is 1. The molecule has 0 radical (unpaired) electrons. The Morgan fingerprint density at radius 1 is 0.784 bits per heavy atom. The first-order chi connectivity index (χ1) is 17.8. The summed E-state index contributed by atoms with van der Waals surface area (Å²) in [4.78, 5) is 13.0. The number of ether oxygens (including phenoxy) is 2. The molecule has 1 atom stereocenters. The molecule has 4 aromatic rings. The molecule has 190 valence electrons. The van der Waals surface area contributed by atoms with Crippen LogP contribution in [-0.4, -0.2) is 26.6 Å². The van der Waals surface area contributed by atoms with Crippen LogP contribution in [0.25, 0.3) is 0 Å². The van der Waals surface area contributed by atoms with E-state index in [0.29, 0.717) is 35.2 Å². The molecule has 0 aliphatic heterocycles. The highest BCUT2D eigenvalue weighted by molar-refractivity contribution is 7.92. The minimum atomic E-state index is -3.75. The first kappa shape index (κ1) is 25.8. The summed E-state index contributed by atoms with van der Waals surface area (Å²) in [6.45, 7) is 1.98. The number of benzene rings is 4. The van der Waals surface area contributed by atoms with Crippen molar-refractivity contribution in [1.29, 1.82) is 0 Å². The first-order valence-electron chi connectivity index (χ1n) is 11.7. The van der Waals surface area contributed by atoms with Crippen molar-refractivity contribution >= 4 is 27.3 Å². The van der Waals surface area contributed by atoms with Gasteiger partial charge in [-0.2, -0.15) is 0 Å². The smallest absolute Gasteiger partial charge is 0.247 e. The highest BCUT2D eigenvalue weighted by atomic mass is 32.2. The molecule has 0 spiro atoms. The summed E-state index contributed by atoms with van der Waals surface area (Å²) in [5.74, 6) is 1.41. The molecule has 1 amide bonds. The molecule has 0 fully saturated rings. The van der Waals surface area contributed by atoms with Gasteiger partial charge in [-0.1, -0.05) is 48.5 Å². The van der Waals surface area contributed by atoms with Crippen LogP contribution in [0, 0.1) is 0 Å². The number of sulfonamides is 1. The number of carbonyl (C=O) groups excluding carboxylic acids is 1. The highest BCUT2D eigenvalue weighted by Gasteiger charge is 2.29. The van der Waals surface area contributed by atoms with Crippen LogP contribution in [0.1, 0.15) is 12.5 Å². The molecular formula is C29H28N2O5S. The topological polar surface area (TPSA) is 84.9 Å². The molecule has 37 heavy (non-hydrogen) atoms. The third-order valence-electron chi connectivity index (χ3n) is 5.53. The second-order valence-electron chi connectivity index (χ2n) is 8.43. The van der Waals surface area contributed by atoms with Gasteiger partial charge in [0.2, 0.25) is 15.9 Å². The zero-order chi connectivity index (χ0) is 26.3. The lowest BCUT2D eigenvalue weighted by Gasteiger charge is -2.28. The molecule has 0 bridgehead atoms. The average Bonchev–Trinajstić information content (AvgIpc) is 2.90. The van der Waals surface area contributed by atoms with E-state index in [-0.39, 0.29) is 0 Å². The van der Waals surface area contributed by atoms with Gasteiger partial charge in [-0.3, -0.25) is 9.10 Å². The Morgan fingerprint density at radius 2 is 1.32 bits per heavy atom. The normalized spacial score (nSPS) is 11.8. The number of nitrogens with zero attached hydrogens (tertiary/aromatic N) is 1. The summed E-state index contributed by atoms with van der Waals surface area (Å²) in [6.07, 6.45) is 1.07. The van der Waals surface area contributed by atoms with E-state index in [1.807, 2.05) is 60.7 Å². The van der Waals surface area contributed by atoms with E-state index >= 15 is 0 Å². The lowest BCUT2D eigenvalue weighted by Crippen LogP contribution is -2.45. The maximum absolute atomic E-state index is 13.0. The van der Waals surface area contributed by atoms with Crippen molar-refractivity contribution in [3.05, 3.63) is 115 Å². The summed E-state index contributed by atoms with van der Waals surface area (Å²) in [6, 6.07) is 31.6. The van der Waals surface area contributed by atoms with E-state index in [0.717, 1.165) is 16.1 Å². The van der Waals surface area contributed by atoms with Crippen molar-refractivity contribution in [3.8, 4) is 17.2 Å². The van der Waals surface area contributed by atoms with E-state index in [1.54, 1.807) is 55.5 Å². The van der Waals surface area contributed by atoms with E-state index in [9.17, 15) is 13.2 Å². The molecule has 0 unspecified atom stereocenters. The van der Waals surface area contributed by atoms with Crippen molar-refractivity contribution in [2.75, 3.05) is 15.9 Å². The molecule has 0 heterocycles. The fourth-order valence-corrected chi connectivity index (χ4v) is 4.89. The molecule has 8 heteroatoms. The number of hydrogen-bond acceptors (Lipinski definition) is 5. The van der Waals surface area contributed by atoms with Gasteiger partial charge in [0.1, 0.15) is 29.9 Å². The third-order valence-corrected chi connectivity index (χ3v) is 6.77. The van der Waals surface area contributed by atoms with Gasteiger partial charge in [0.05, 0.1) is 11.9 Å². The SMILES string of the molecule is C[C@H](C(=O)Nc1ccc(OCc2ccccc2)cc1)N(c1ccc(Oc2ccccc2)cc1)S(C)(=O)=O. The fraction of sp³-hybridized carbons (Fsp3) is 0.138. The van der Waals surface area contributed by atoms with Crippen LogP contribution in [0.2, 0.25) is 0 Å². The van der Waals surface area contributed by atoms with Crippen molar-refractivity contribution in [2.24, 2.45) is 0 Å². The molecule has 4 aromatic carbocycles. The van der Waals surface area contributed by atoms with Crippen LogP contribution in [0.3, 0.4) is 0 Å². The largest absolute Gasteiger partial charge is 0.489 e. The maximum Gasteiger partial charge on any atom is 0.247 e. The second kappa shape index (κ2) is 11.6. The Morgan fingerprint density at radius 3 is 1.92 bits per heavy atom. The molecule has 0 aromatic heterocycles. The van der Waals surface area contributed by atoms with E-state index in [4.69, 9.17) is 9.47 Å². The van der Waals surface area contributed by atoms with Crippen LogP contribution in [0.5, 0.6) is 17.2 Å². The number of carbonyl (C=O) groups is 1. The van der Waals surface area contributed by atoms with Gasteiger partial charge in [0.25, 0.3) is 0 Å². The van der Waals surface area contributed by atoms with E-state index in [2.05, 4.69) is 5.32 Å². The lowest BCUT2D eigenvalue weighted by molar-refractivity contribution is -0.116. The predicted octanol–water partition coefficient (Wildman–Crippen LogP) is 5.85. The van der Waals surface area contributed by atoms with Crippen molar-refractivity contribution < 1.29 is 22.7 Å². The van der Waals surface area contributed by atoms with Gasteiger partial charge in [0, 0.05) is 5.69 Å². The van der Waals surface area contributed by atoms with Gasteiger partial charge in [-0.15, -0.1) is 0 Å². The second-order valence-corrected chi connectivity index (χ2v) is 10.3. The van der Waals surface area contributed by atoms with Crippen LogP contribution < -0.4 is 19.1 Å². The quantitative estimate of drug-likeness (QED) is 0.286. The zero-order valence-electron chi connectivity index (χ0n) is 20.6. The van der Waals surface area contributed by atoms with Crippen LogP contribution in [0.15, 0.2) is 109 Å². The summed E-state index contributed by atoms with van der Waals surface area (Å²) in [5.41, 5.74) is 1.94. The minimum Gasteiger partial charge on any atom is -0.489 e. The van der Waals surface area contributed by atoms with Gasteiger partial charge in [0.15, 0.2) is 0 Å². The van der Waals surface area contributed by atoms with E-state index in [1.165, 1.54) is 0 Å². The van der Waals surface area contributed by atoms with Crippen molar-refractivity contribution in [2.45, 2.75) is 19.6 Å². The molecule has 0 aliphatic carbocycles. The Labute approximate surface area is 217 Å². The monoisotopic (exact) mass is 516 g/mol. The number of para-hydroxylation sites is 1. The summed E-state index contributed by atoms with van der Waals surface area (Å²) >= 11 is 0. The minimum absolute atomic E-state index is 0.357. The van der Waals surface area contributed by atoms with Crippen molar-refractivity contribution in [1.82, 2.24) is 0 Å². The fourth-order valence-electron chi connectivity index (χ4n) is 3.72. The predicted molar refractivity (Wildman–Crippen MR) is 146 cm³/mol. The molecule has 0 saturated heterocycles. The molecule has 1 N–H and O–H groups in total. The zero-order valence-corrected chi connectivity index (χ0v) is 21.4. The molecule has 0 aliphatic rings. The number of rotatable bonds is 10. The number of amides is 1. The number of anilines is 2. The lowest BCUT2D eigenvalue weighted by atomic mass is 10.2. The van der Waals surface area contributed by atoms with E-state index < -0.39 is 22.0 Å². The summed E-state index contributed by atoms with van der Waals surface area (Å²) in [7, 11) is -3.75. The average molecular weight is 517 g/mol.